The van der Waals surface area contributed by atoms with Gasteiger partial charge in [0.25, 0.3) is 0 Å². The predicted molar refractivity (Wildman–Crippen MR) is 51.4 cm³/mol. The minimum atomic E-state index is -0.728. The lowest BCUT2D eigenvalue weighted by Gasteiger charge is -2.34. The Hall–Kier alpha value is 0.140. The normalized spacial score (nSPS) is 36.2. The third kappa shape index (κ3) is 2.88. The number of alkyl halides is 1. The van der Waals surface area contributed by atoms with Crippen LogP contribution in [0, 0.1) is 0 Å². The number of halogens is 2. The molecule has 0 aromatic rings. The van der Waals surface area contributed by atoms with Crippen LogP contribution in [-0.4, -0.2) is 37.3 Å². The van der Waals surface area contributed by atoms with Crippen LogP contribution in [0.4, 0.5) is 4.39 Å². The zero-order valence-electron chi connectivity index (χ0n) is 7.66. The SMILES string of the molecule is CN(C)C1CCC(N)CC1F.Cl. The fraction of sp³-hybridized carbons (Fsp3) is 1.00. The summed E-state index contributed by atoms with van der Waals surface area (Å²) in [4.78, 5) is 1.95. The van der Waals surface area contributed by atoms with E-state index in [1.54, 1.807) is 0 Å². The summed E-state index contributed by atoms with van der Waals surface area (Å²) in [6, 6.07) is 0.177. The smallest absolute Gasteiger partial charge is 0.117 e. The molecule has 0 radical (unpaired) electrons. The molecular weight excluding hydrogens is 179 g/mol. The van der Waals surface area contributed by atoms with Gasteiger partial charge >= 0.3 is 0 Å². The number of nitrogens with two attached hydrogens (primary N) is 1. The Morgan fingerprint density at radius 2 is 1.92 bits per heavy atom. The number of hydrogen-bond donors (Lipinski definition) is 1. The van der Waals surface area contributed by atoms with Crippen molar-refractivity contribution < 1.29 is 4.39 Å². The van der Waals surface area contributed by atoms with Crippen LogP contribution in [0.3, 0.4) is 0 Å². The molecule has 0 amide bonds. The fourth-order valence-corrected chi connectivity index (χ4v) is 1.71. The maximum Gasteiger partial charge on any atom is 0.117 e. The zero-order valence-corrected chi connectivity index (χ0v) is 8.48. The Morgan fingerprint density at radius 3 is 2.33 bits per heavy atom. The Balaban J connectivity index is 0.00000121. The van der Waals surface area contributed by atoms with Crippen molar-refractivity contribution in [1.29, 1.82) is 0 Å². The first-order valence-corrected chi connectivity index (χ1v) is 4.17. The van der Waals surface area contributed by atoms with E-state index in [-0.39, 0.29) is 24.5 Å². The van der Waals surface area contributed by atoms with Crippen molar-refractivity contribution in [2.24, 2.45) is 5.73 Å². The van der Waals surface area contributed by atoms with Gasteiger partial charge in [-0.15, -0.1) is 12.4 Å². The van der Waals surface area contributed by atoms with Crippen molar-refractivity contribution in [3.05, 3.63) is 0 Å². The van der Waals surface area contributed by atoms with E-state index in [2.05, 4.69) is 0 Å². The lowest BCUT2D eigenvalue weighted by molar-refractivity contribution is 0.105. The van der Waals surface area contributed by atoms with E-state index in [0.29, 0.717) is 6.42 Å². The van der Waals surface area contributed by atoms with Crippen LogP contribution in [0.15, 0.2) is 0 Å². The zero-order chi connectivity index (χ0) is 8.43. The van der Waals surface area contributed by atoms with Crippen LogP contribution in [0.25, 0.3) is 0 Å². The molecule has 74 valence electrons. The summed E-state index contributed by atoms with van der Waals surface area (Å²) in [5, 5.41) is 0. The molecule has 1 saturated carbocycles. The van der Waals surface area contributed by atoms with E-state index < -0.39 is 6.17 Å². The molecule has 0 spiro atoms. The van der Waals surface area contributed by atoms with E-state index in [4.69, 9.17) is 5.73 Å². The van der Waals surface area contributed by atoms with Crippen LogP contribution in [0.2, 0.25) is 0 Å². The highest BCUT2D eigenvalue weighted by Crippen LogP contribution is 2.23. The number of nitrogens with zero attached hydrogens (tertiary/aromatic N) is 1. The largest absolute Gasteiger partial charge is 0.328 e. The molecule has 2 nitrogen and oxygen atoms in total. The molecule has 1 fully saturated rings. The third-order valence-corrected chi connectivity index (χ3v) is 2.44. The second-order valence-electron chi connectivity index (χ2n) is 3.62. The van der Waals surface area contributed by atoms with Crippen molar-refractivity contribution in [2.75, 3.05) is 14.1 Å². The van der Waals surface area contributed by atoms with Gasteiger partial charge in [-0.3, -0.25) is 0 Å². The van der Waals surface area contributed by atoms with Crippen LogP contribution in [0.1, 0.15) is 19.3 Å². The van der Waals surface area contributed by atoms with Gasteiger partial charge in [-0.25, -0.2) is 4.39 Å². The Bertz CT molecular complexity index is 132. The van der Waals surface area contributed by atoms with E-state index in [1.807, 2.05) is 19.0 Å². The van der Waals surface area contributed by atoms with Gasteiger partial charge in [0, 0.05) is 12.1 Å². The minimum absolute atomic E-state index is 0. The molecule has 0 heterocycles. The van der Waals surface area contributed by atoms with Crippen molar-refractivity contribution >= 4 is 12.4 Å². The van der Waals surface area contributed by atoms with E-state index in [0.717, 1.165) is 12.8 Å². The average molecular weight is 197 g/mol. The molecule has 12 heavy (non-hydrogen) atoms. The Labute approximate surface area is 79.7 Å². The summed E-state index contributed by atoms with van der Waals surface area (Å²) in [7, 11) is 3.85. The third-order valence-electron chi connectivity index (χ3n) is 2.44. The molecule has 0 bridgehead atoms. The van der Waals surface area contributed by atoms with Gasteiger partial charge in [-0.05, 0) is 33.4 Å². The van der Waals surface area contributed by atoms with E-state index in [1.165, 1.54) is 0 Å². The quantitative estimate of drug-likeness (QED) is 0.683. The van der Waals surface area contributed by atoms with Gasteiger partial charge in [0.15, 0.2) is 0 Å². The minimum Gasteiger partial charge on any atom is -0.328 e. The van der Waals surface area contributed by atoms with Gasteiger partial charge in [0.2, 0.25) is 0 Å². The molecule has 0 aromatic carbocycles. The standard InChI is InChI=1S/C8H17FN2.ClH/c1-11(2)8-4-3-6(10)5-7(8)9;/h6-8H,3-5,10H2,1-2H3;1H. The Kier molecular flexibility index (Phi) is 5.06. The van der Waals surface area contributed by atoms with E-state index in [9.17, 15) is 4.39 Å². The van der Waals surface area contributed by atoms with E-state index >= 15 is 0 Å². The van der Waals surface area contributed by atoms with Gasteiger partial charge < -0.3 is 10.6 Å². The summed E-state index contributed by atoms with van der Waals surface area (Å²) in [5.74, 6) is 0. The van der Waals surface area contributed by atoms with Crippen molar-refractivity contribution in [1.82, 2.24) is 4.90 Å². The molecular formula is C8H18ClFN2. The molecule has 3 unspecified atom stereocenters. The van der Waals surface area contributed by atoms with Crippen molar-refractivity contribution in [2.45, 2.75) is 37.5 Å². The fourth-order valence-electron chi connectivity index (χ4n) is 1.71. The van der Waals surface area contributed by atoms with Gasteiger partial charge in [-0.2, -0.15) is 0 Å². The summed E-state index contributed by atoms with van der Waals surface area (Å²) in [5.41, 5.74) is 5.63. The predicted octanol–water partition coefficient (Wildman–Crippen LogP) is 1.19. The highest BCUT2D eigenvalue weighted by Gasteiger charge is 2.29. The number of hydrogen-bond acceptors (Lipinski definition) is 2. The summed E-state index contributed by atoms with van der Waals surface area (Å²) in [6.07, 6.45) is 1.66. The molecule has 0 aromatic heterocycles. The van der Waals surface area contributed by atoms with Crippen molar-refractivity contribution in [3.8, 4) is 0 Å². The molecule has 1 rings (SSSR count). The lowest BCUT2D eigenvalue weighted by atomic mass is 9.89. The second kappa shape index (κ2) is 5.00. The first-order chi connectivity index (χ1) is 5.11. The first-order valence-electron chi connectivity index (χ1n) is 4.17. The summed E-state index contributed by atoms with van der Waals surface area (Å²) >= 11 is 0. The first kappa shape index (κ1) is 12.1. The second-order valence-corrected chi connectivity index (χ2v) is 3.62. The van der Waals surface area contributed by atoms with Crippen LogP contribution in [-0.2, 0) is 0 Å². The van der Waals surface area contributed by atoms with Gasteiger partial charge in [0.1, 0.15) is 6.17 Å². The monoisotopic (exact) mass is 196 g/mol. The average Bonchev–Trinajstić information content (AvgIpc) is 1.85. The highest BCUT2D eigenvalue weighted by molar-refractivity contribution is 5.85. The Morgan fingerprint density at radius 1 is 1.33 bits per heavy atom. The van der Waals surface area contributed by atoms with Gasteiger partial charge in [0.05, 0.1) is 0 Å². The van der Waals surface area contributed by atoms with Crippen LogP contribution >= 0.6 is 12.4 Å². The molecule has 3 atom stereocenters. The van der Waals surface area contributed by atoms with Crippen LogP contribution < -0.4 is 5.73 Å². The molecule has 0 saturated heterocycles. The van der Waals surface area contributed by atoms with Crippen molar-refractivity contribution in [3.63, 3.8) is 0 Å². The maximum absolute atomic E-state index is 13.2. The van der Waals surface area contributed by atoms with Crippen LogP contribution in [0.5, 0.6) is 0 Å². The topological polar surface area (TPSA) is 29.3 Å². The maximum atomic E-state index is 13.2. The molecule has 1 aliphatic carbocycles. The molecule has 2 N–H and O–H groups in total. The molecule has 1 aliphatic rings. The summed E-state index contributed by atoms with van der Waals surface area (Å²) in [6.45, 7) is 0. The van der Waals surface area contributed by atoms with Gasteiger partial charge in [-0.1, -0.05) is 0 Å². The summed E-state index contributed by atoms with van der Waals surface area (Å²) < 4.78 is 13.2. The number of rotatable bonds is 1. The molecule has 4 heteroatoms. The lowest BCUT2D eigenvalue weighted by Crippen LogP contribution is -2.44. The molecule has 0 aliphatic heterocycles. The highest BCUT2D eigenvalue weighted by atomic mass is 35.5.